The van der Waals surface area contributed by atoms with Crippen molar-refractivity contribution in [2.45, 2.75) is 23.6 Å². The number of alkyl halides is 1. The average molecular weight is 336 g/mol. The summed E-state index contributed by atoms with van der Waals surface area (Å²) in [5.74, 6) is 0. The summed E-state index contributed by atoms with van der Waals surface area (Å²) in [6.07, 6.45) is 0.485. The van der Waals surface area contributed by atoms with E-state index in [0.29, 0.717) is 6.42 Å². The van der Waals surface area contributed by atoms with Gasteiger partial charge in [-0.3, -0.25) is 0 Å². The molecule has 0 bridgehead atoms. The highest BCUT2D eigenvalue weighted by Crippen LogP contribution is 2.50. The molecule has 0 amide bonds. The molecule has 0 saturated carbocycles. The molecule has 0 aliphatic heterocycles. The van der Waals surface area contributed by atoms with E-state index in [-0.39, 0.29) is 0 Å². The van der Waals surface area contributed by atoms with Gasteiger partial charge < -0.3 is 0 Å². The maximum absolute atomic E-state index is 14.6. The largest absolute Gasteiger partial charge is 0.236 e. The van der Waals surface area contributed by atoms with Gasteiger partial charge in [0.05, 0.1) is 4.75 Å². The Kier molecular flexibility index (Phi) is 5.37. The highest BCUT2D eigenvalue weighted by molar-refractivity contribution is 8.01. The Morgan fingerprint density at radius 1 is 0.708 bits per heavy atom. The predicted molar refractivity (Wildman–Crippen MR) is 102 cm³/mol. The summed E-state index contributed by atoms with van der Waals surface area (Å²) in [5.41, 5.74) is 2.36. The van der Waals surface area contributed by atoms with Crippen molar-refractivity contribution in [2.24, 2.45) is 0 Å². The summed E-state index contributed by atoms with van der Waals surface area (Å²) in [5, 5.41) is 0. The van der Waals surface area contributed by atoms with Crippen molar-refractivity contribution in [3.63, 3.8) is 0 Å². The third-order valence-electron chi connectivity index (χ3n) is 4.17. The molecule has 0 fully saturated rings. The van der Waals surface area contributed by atoms with E-state index in [1.807, 2.05) is 61.5 Å². The van der Waals surface area contributed by atoms with Gasteiger partial charge in [0.15, 0.2) is 0 Å². The number of rotatable bonds is 6. The van der Waals surface area contributed by atoms with E-state index in [9.17, 15) is 4.39 Å². The summed E-state index contributed by atoms with van der Waals surface area (Å²) >= 11 is 1.38. The van der Waals surface area contributed by atoms with Crippen molar-refractivity contribution >= 4 is 11.8 Å². The zero-order valence-corrected chi connectivity index (χ0v) is 14.5. The van der Waals surface area contributed by atoms with Crippen LogP contribution in [0.3, 0.4) is 0 Å². The molecule has 0 heterocycles. The van der Waals surface area contributed by atoms with Crippen LogP contribution in [0.1, 0.15) is 30.0 Å². The molecule has 122 valence electrons. The van der Waals surface area contributed by atoms with Gasteiger partial charge in [0.2, 0.25) is 0 Å². The van der Waals surface area contributed by atoms with Crippen molar-refractivity contribution in [2.75, 3.05) is 0 Å². The van der Waals surface area contributed by atoms with Crippen LogP contribution in [0.25, 0.3) is 0 Å². The molecule has 0 nitrogen and oxygen atoms in total. The minimum Gasteiger partial charge on any atom is -0.236 e. The van der Waals surface area contributed by atoms with Crippen molar-refractivity contribution < 1.29 is 4.39 Å². The fourth-order valence-electron chi connectivity index (χ4n) is 3.00. The molecule has 0 radical (unpaired) electrons. The van der Waals surface area contributed by atoms with Crippen LogP contribution < -0.4 is 0 Å². The molecule has 0 spiro atoms. The number of hydrogen-bond acceptors (Lipinski definition) is 1. The first kappa shape index (κ1) is 16.8. The second-order valence-corrected chi connectivity index (χ2v) is 7.08. The number of halogens is 1. The Balaban J connectivity index is 2.28. The number of hydrogen-bond donors (Lipinski definition) is 0. The smallest absolute Gasteiger partial charge is 0.147 e. The van der Waals surface area contributed by atoms with Crippen molar-refractivity contribution in [3.05, 3.63) is 108 Å². The lowest BCUT2D eigenvalue weighted by molar-refractivity contribution is 0.440. The maximum Gasteiger partial charge on any atom is 0.147 e. The summed E-state index contributed by atoms with van der Waals surface area (Å²) in [4.78, 5) is 0. The average Bonchev–Trinajstić information content (AvgIpc) is 2.68. The van der Waals surface area contributed by atoms with Gasteiger partial charge in [0, 0.05) is 0 Å². The first-order chi connectivity index (χ1) is 11.8. The molecule has 0 N–H and O–H groups in total. The zero-order chi connectivity index (χ0) is 16.8. The van der Waals surface area contributed by atoms with Gasteiger partial charge in [-0.2, -0.15) is 0 Å². The van der Waals surface area contributed by atoms with E-state index in [2.05, 4.69) is 36.4 Å². The molecular formula is C22H21FS. The quantitative estimate of drug-likeness (QED) is 0.468. The van der Waals surface area contributed by atoms with Gasteiger partial charge in [0.25, 0.3) is 0 Å². The Hall–Kier alpha value is -2.06. The number of benzene rings is 3. The second-order valence-electron chi connectivity index (χ2n) is 5.72. The van der Waals surface area contributed by atoms with Crippen LogP contribution in [0.15, 0.2) is 91.0 Å². The molecule has 24 heavy (non-hydrogen) atoms. The molecule has 1 unspecified atom stereocenters. The van der Waals surface area contributed by atoms with E-state index in [0.717, 1.165) is 16.7 Å². The van der Waals surface area contributed by atoms with E-state index >= 15 is 0 Å². The monoisotopic (exact) mass is 336 g/mol. The molecule has 3 aromatic rings. The van der Waals surface area contributed by atoms with Crippen LogP contribution in [0, 0.1) is 0 Å². The lowest BCUT2D eigenvalue weighted by Gasteiger charge is -2.36. The molecule has 3 rings (SSSR count). The first-order valence-corrected chi connectivity index (χ1v) is 9.14. The Morgan fingerprint density at radius 3 is 1.33 bits per heavy atom. The summed E-state index contributed by atoms with van der Waals surface area (Å²) < 4.78 is 14.1. The van der Waals surface area contributed by atoms with E-state index in [1.54, 1.807) is 0 Å². The highest BCUT2D eigenvalue weighted by atomic mass is 32.2. The summed E-state index contributed by atoms with van der Waals surface area (Å²) in [6, 6.07) is 30.7. The molecular weight excluding hydrogens is 315 g/mol. The Morgan fingerprint density at radius 2 is 1.04 bits per heavy atom. The lowest BCUT2D eigenvalue weighted by Crippen LogP contribution is -2.27. The highest BCUT2D eigenvalue weighted by Gasteiger charge is 2.39. The normalized spacial score (nSPS) is 12.8. The topological polar surface area (TPSA) is 0 Å². The fraction of sp³-hybridized carbons (Fsp3) is 0.182. The predicted octanol–water partition coefficient (Wildman–Crippen LogP) is 6.42. The van der Waals surface area contributed by atoms with E-state index in [4.69, 9.17) is 0 Å². The Bertz CT molecular complexity index is 644. The molecule has 1 atom stereocenters. The van der Waals surface area contributed by atoms with E-state index < -0.39 is 10.3 Å². The van der Waals surface area contributed by atoms with Crippen molar-refractivity contribution in [1.82, 2.24) is 0 Å². The Labute approximate surface area is 147 Å². The van der Waals surface area contributed by atoms with Gasteiger partial charge in [-0.25, -0.2) is 4.39 Å². The van der Waals surface area contributed by atoms with Crippen LogP contribution in [0.2, 0.25) is 0 Å². The summed E-state index contributed by atoms with van der Waals surface area (Å²) in [6.45, 7) is 1.89. The van der Waals surface area contributed by atoms with Gasteiger partial charge in [0.1, 0.15) is 5.50 Å². The van der Waals surface area contributed by atoms with Gasteiger partial charge in [-0.1, -0.05) is 97.9 Å². The third kappa shape index (κ3) is 3.25. The van der Waals surface area contributed by atoms with Gasteiger partial charge in [-0.15, -0.1) is 11.8 Å². The van der Waals surface area contributed by atoms with Crippen LogP contribution in [-0.4, -0.2) is 5.50 Å². The molecule has 0 saturated heterocycles. The standard InChI is InChI=1S/C22H21FS/c1-2-21(23)24-22(18-12-6-3-7-13-18,19-14-8-4-9-15-19)20-16-10-5-11-17-20/h3-17,21H,2H2,1H3. The molecule has 0 aliphatic carbocycles. The summed E-state index contributed by atoms with van der Waals surface area (Å²) in [7, 11) is 0. The number of thioether (sulfide) groups is 1. The molecule has 3 aromatic carbocycles. The third-order valence-corrected chi connectivity index (χ3v) is 5.82. The van der Waals surface area contributed by atoms with Crippen molar-refractivity contribution in [1.29, 1.82) is 0 Å². The lowest BCUT2D eigenvalue weighted by atomic mass is 9.84. The zero-order valence-electron chi connectivity index (χ0n) is 13.7. The molecule has 0 aromatic heterocycles. The minimum absolute atomic E-state index is 0.485. The first-order valence-electron chi connectivity index (χ1n) is 8.26. The molecule has 0 aliphatic rings. The van der Waals surface area contributed by atoms with Crippen LogP contribution >= 0.6 is 11.8 Å². The SMILES string of the molecule is CCC(F)SC(c1ccccc1)(c1ccccc1)c1ccccc1. The van der Waals surface area contributed by atoms with E-state index in [1.165, 1.54) is 11.8 Å². The van der Waals surface area contributed by atoms with Crippen LogP contribution in [0.5, 0.6) is 0 Å². The van der Waals surface area contributed by atoms with Crippen LogP contribution in [-0.2, 0) is 4.75 Å². The van der Waals surface area contributed by atoms with Gasteiger partial charge >= 0.3 is 0 Å². The second kappa shape index (κ2) is 7.67. The van der Waals surface area contributed by atoms with Gasteiger partial charge in [-0.05, 0) is 23.1 Å². The fourth-order valence-corrected chi connectivity index (χ4v) is 4.36. The minimum atomic E-state index is -0.939. The van der Waals surface area contributed by atoms with Crippen LogP contribution in [0.4, 0.5) is 4.39 Å². The maximum atomic E-state index is 14.6. The van der Waals surface area contributed by atoms with Crippen molar-refractivity contribution in [3.8, 4) is 0 Å². The molecule has 2 heteroatoms.